The maximum atomic E-state index is 12.5. The molecule has 0 fully saturated rings. The molecule has 0 saturated carbocycles. The van der Waals surface area contributed by atoms with E-state index in [1.165, 1.54) is 23.5 Å². The van der Waals surface area contributed by atoms with E-state index in [1.807, 2.05) is 0 Å². The van der Waals surface area contributed by atoms with Crippen molar-refractivity contribution in [1.82, 2.24) is 9.29 Å². The van der Waals surface area contributed by atoms with Crippen molar-refractivity contribution in [3.8, 4) is 0 Å². The summed E-state index contributed by atoms with van der Waals surface area (Å²) in [5, 5.41) is 0. The lowest BCUT2D eigenvalue weighted by molar-refractivity contribution is 0.466. The van der Waals surface area contributed by atoms with Gasteiger partial charge in [-0.3, -0.25) is 4.98 Å². The molecule has 0 amide bonds. The molecule has 0 atom stereocenters. The standard InChI is InChI=1S/C14H15N3O2S2/c1-17(10-11-6-8-16-9-7-11)21(18,19)13-4-2-12(3-5-13)14(15)20/h2-9H,10H2,1H3,(H2,15,20). The molecule has 7 heteroatoms. The number of sulfonamides is 1. The minimum atomic E-state index is -3.55. The first kappa shape index (κ1) is 15.6. The zero-order chi connectivity index (χ0) is 15.5. The molecule has 0 radical (unpaired) electrons. The van der Waals surface area contributed by atoms with E-state index in [4.69, 9.17) is 18.0 Å². The van der Waals surface area contributed by atoms with E-state index in [1.54, 1.807) is 36.7 Å². The minimum Gasteiger partial charge on any atom is -0.389 e. The van der Waals surface area contributed by atoms with E-state index in [0.717, 1.165) is 5.56 Å². The summed E-state index contributed by atoms with van der Waals surface area (Å²) in [5.74, 6) is 0. The molecule has 21 heavy (non-hydrogen) atoms. The fourth-order valence-corrected chi connectivity index (χ4v) is 3.10. The van der Waals surface area contributed by atoms with Crippen LogP contribution in [0.5, 0.6) is 0 Å². The van der Waals surface area contributed by atoms with Gasteiger partial charge < -0.3 is 5.73 Å². The van der Waals surface area contributed by atoms with Crippen LogP contribution in [0.25, 0.3) is 0 Å². The lowest BCUT2D eigenvalue weighted by Gasteiger charge is -2.17. The second-order valence-electron chi connectivity index (χ2n) is 4.51. The largest absolute Gasteiger partial charge is 0.389 e. The molecular weight excluding hydrogens is 306 g/mol. The van der Waals surface area contributed by atoms with Crippen LogP contribution in [0, 0.1) is 0 Å². The first-order chi connectivity index (χ1) is 9.91. The van der Waals surface area contributed by atoms with Crippen molar-refractivity contribution in [2.24, 2.45) is 5.73 Å². The Bertz CT molecular complexity index is 729. The van der Waals surface area contributed by atoms with Crippen molar-refractivity contribution in [2.75, 3.05) is 7.05 Å². The zero-order valence-corrected chi connectivity index (χ0v) is 13.1. The summed E-state index contributed by atoms with van der Waals surface area (Å²) in [6, 6.07) is 9.79. The molecule has 0 saturated heterocycles. The van der Waals surface area contributed by atoms with Gasteiger partial charge in [-0.25, -0.2) is 8.42 Å². The fourth-order valence-electron chi connectivity index (χ4n) is 1.80. The number of nitrogens with zero attached hydrogens (tertiary/aromatic N) is 2. The van der Waals surface area contributed by atoms with Gasteiger partial charge in [0.2, 0.25) is 10.0 Å². The van der Waals surface area contributed by atoms with Crippen molar-refractivity contribution in [3.63, 3.8) is 0 Å². The number of benzene rings is 1. The van der Waals surface area contributed by atoms with Gasteiger partial charge in [-0.2, -0.15) is 4.31 Å². The highest BCUT2D eigenvalue weighted by atomic mass is 32.2. The third kappa shape index (κ3) is 3.63. The Hall–Kier alpha value is -1.83. The molecule has 2 N–H and O–H groups in total. The molecule has 0 aliphatic carbocycles. The van der Waals surface area contributed by atoms with E-state index in [9.17, 15) is 8.42 Å². The van der Waals surface area contributed by atoms with E-state index in [2.05, 4.69) is 4.98 Å². The van der Waals surface area contributed by atoms with Gasteiger partial charge in [-0.15, -0.1) is 0 Å². The Morgan fingerprint density at radius 2 is 1.76 bits per heavy atom. The predicted molar refractivity (Wildman–Crippen MR) is 85.2 cm³/mol. The number of rotatable bonds is 5. The Morgan fingerprint density at radius 1 is 1.19 bits per heavy atom. The summed E-state index contributed by atoms with van der Waals surface area (Å²) in [7, 11) is -2.01. The van der Waals surface area contributed by atoms with E-state index in [0.29, 0.717) is 5.56 Å². The molecular formula is C14H15N3O2S2. The van der Waals surface area contributed by atoms with Crippen LogP contribution in [0.3, 0.4) is 0 Å². The quantitative estimate of drug-likeness (QED) is 0.845. The first-order valence-corrected chi connectivity index (χ1v) is 8.01. The predicted octanol–water partition coefficient (Wildman–Crippen LogP) is 1.54. The second kappa shape index (κ2) is 6.30. The van der Waals surface area contributed by atoms with Crippen LogP contribution in [0.1, 0.15) is 11.1 Å². The number of nitrogens with two attached hydrogens (primary N) is 1. The maximum absolute atomic E-state index is 12.5. The van der Waals surface area contributed by atoms with Crippen molar-refractivity contribution >= 4 is 27.2 Å². The average Bonchev–Trinajstić information content (AvgIpc) is 2.48. The summed E-state index contributed by atoms with van der Waals surface area (Å²) < 4.78 is 26.2. The molecule has 0 aliphatic rings. The minimum absolute atomic E-state index is 0.207. The highest BCUT2D eigenvalue weighted by Gasteiger charge is 2.20. The smallest absolute Gasteiger partial charge is 0.243 e. The molecule has 0 bridgehead atoms. The van der Waals surface area contributed by atoms with Crippen LogP contribution in [0.15, 0.2) is 53.7 Å². The maximum Gasteiger partial charge on any atom is 0.243 e. The van der Waals surface area contributed by atoms with Gasteiger partial charge >= 0.3 is 0 Å². The van der Waals surface area contributed by atoms with Gasteiger partial charge in [-0.1, -0.05) is 24.4 Å². The van der Waals surface area contributed by atoms with Gasteiger partial charge in [0, 0.05) is 31.5 Å². The second-order valence-corrected chi connectivity index (χ2v) is 6.99. The first-order valence-electron chi connectivity index (χ1n) is 6.16. The van der Waals surface area contributed by atoms with Gasteiger partial charge in [-0.05, 0) is 29.8 Å². The molecule has 0 unspecified atom stereocenters. The van der Waals surface area contributed by atoms with E-state index >= 15 is 0 Å². The molecule has 110 valence electrons. The van der Waals surface area contributed by atoms with Crippen molar-refractivity contribution < 1.29 is 8.42 Å². The highest BCUT2D eigenvalue weighted by molar-refractivity contribution is 7.89. The van der Waals surface area contributed by atoms with Crippen LogP contribution in [0.4, 0.5) is 0 Å². The summed E-state index contributed by atoms with van der Waals surface area (Å²) in [6.45, 7) is 0.280. The van der Waals surface area contributed by atoms with E-state index in [-0.39, 0.29) is 16.4 Å². The normalized spacial score (nSPS) is 11.5. The summed E-state index contributed by atoms with van der Waals surface area (Å²) in [4.78, 5) is 4.35. The summed E-state index contributed by atoms with van der Waals surface area (Å²) in [6.07, 6.45) is 3.26. The van der Waals surface area contributed by atoms with Gasteiger partial charge in [0.25, 0.3) is 0 Å². The molecule has 0 aliphatic heterocycles. The van der Waals surface area contributed by atoms with Crippen LogP contribution >= 0.6 is 12.2 Å². The van der Waals surface area contributed by atoms with Crippen LogP contribution in [-0.2, 0) is 16.6 Å². The van der Waals surface area contributed by atoms with Crippen molar-refractivity contribution in [3.05, 3.63) is 59.9 Å². The molecule has 2 aromatic rings. The summed E-state index contributed by atoms with van der Waals surface area (Å²) in [5.41, 5.74) is 7.01. The lowest BCUT2D eigenvalue weighted by atomic mass is 10.2. The average molecular weight is 321 g/mol. The van der Waals surface area contributed by atoms with Gasteiger partial charge in [0.15, 0.2) is 0 Å². The van der Waals surface area contributed by atoms with Gasteiger partial charge in [0.05, 0.1) is 4.90 Å². The molecule has 1 aromatic carbocycles. The third-order valence-corrected chi connectivity index (χ3v) is 5.05. The van der Waals surface area contributed by atoms with E-state index < -0.39 is 10.0 Å². The van der Waals surface area contributed by atoms with Crippen LogP contribution in [0.2, 0.25) is 0 Å². The molecule has 2 rings (SSSR count). The highest BCUT2D eigenvalue weighted by Crippen LogP contribution is 2.17. The van der Waals surface area contributed by atoms with Gasteiger partial charge in [0.1, 0.15) is 4.99 Å². The number of thiocarbonyl (C=S) groups is 1. The number of aromatic nitrogens is 1. The Labute approximate surface area is 129 Å². The molecule has 0 spiro atoms. The lowest BCUT2D eigenvalue weighted by Crippen LogP contribution is -2.26. The van der Waals surface area contributed by atoms with Crippen molar-refractivity contribution in [2.45, 2.75) is 11.4 Å². The SMILES string of the molecule is CN(Cc1ccncc1)S(=O)(=O)c1ccc(C(N)=S)cc1. The Balaban J connectivity index is 2.22. The number of hydrogen-bond donors (Lipinski definition) is 1. The monoisotopic (exact) mass is 321 g/mol. The van der Waals surface area contributed by atoms with Crippen LogP contribution in [-0.4, -0.2) is 29.7 Å². The Morgan fingerprint density at radius 3 is 2.29 bits per heavy atom. The number of pyridine rings is 1. The molecule has 1 aromatic heterocycles. The molecule has 5 nitrogen and oxygen atoms in total. The zero-order valence-electron chi connectivity index (χ0n) is 11.4. The third-order valence-electron chi connectivity index (χ3n) is 3.00. The topological polar surface area (TPSA) is 76.3 Å². The fraction of sp³-hybridized carbons (Fsp3) is 0.143. The Kier molecular flexibility index (Phi) is 4.66. The molecule has 1 heterocycles. The van der Waals surface area contributed by atoms with Crippen molar-refractivity contribution in [1.29, 1.82) is 0 Å². The number of hydrogen-bond acceptors (Lipinski definition) is 4. The summed E-state index contributed by atoms with van der Waals surface area (Å²) >= 11 is 4.85. The van der Waals surface area contributed by atoms with Crippen LogP contribution < -0.4 is 5.73 Å².